The van der Waals surface area contributed by atoms with Crippen molar-refractivity contribution in [3.8, 4) is 0 Å². The number of carbonyl (C=O) groups excluding carboxylic acids is 2. The first-order valence-electron chi connectivity index (χ1n) is 11.0. The molecule has 1 saturated heterocycles. The fourth-order valence-electron chi connectivity index (χ4n) is 4.27. The van der Waals surface area contributed by atoms with Crippen LogP contribution >= 0.6 is 0 Å². The minimum absolute atomic E-state index is 0.0419. The van der Waals surface area contributed by atoms with Crippen LogP contribution in [0.3, 0.4) is 0 Å². The fraction of sp³-hybridized carbons (Fsp3) is 0.259. The summed E-state index contributed by atoms with van der Waals surface area (Å²) in [5.41, 5.74) is 3.03. The van der Waals surface area contributed by atoms with Gasteiger partial charge in [0.15, 0.2) is 0 Å². The van der Waals surface area contributed by atoms with E-state index in [0.29, 0.717) is 26.1 Å². The lowest BCUT2D eigenvalue weighted by Gasteiger charge is -2.39. The summed E-state index contributed by atoms with van der Waals surface area (Å²) in [6.45, 7) is 1.66. The molecule has 0 spiro atoms. The molecule has 0 aromatic heterocycles. The van der Waals surface area contributed by atoms with Crippen molar-refractivity contribution >= 4 is 11.8 Å². The molecule has 0 aliphatic carbocycles. The van der Waals surface area contributed by atoms with E-state index >= 15 is 0 Å². The first-order chi connectivity index (χ1) is 15.6. The average molecular weight is 428 g/mol. The van der Waals surface area contributed by atoms with Crippen molar-refractivity contribution in [2.75, 3.05) is 20.1 Å². The molecular formula is C27H29N3O2. The van der Waals surface area contributed by atoms with E-state index in [4.69, 9.17) is 0 Å². The van der Waals surface area contributed by atoms with Gasteiger partial charge < -0.3 is 15.1 Å². The van der Waals surface area contributed by atoms with Crippen molar-refractivity contribution in [1.29, 1.82) is 0 Å². The van der Waals surface area contributed by atoms with Crippen LogP contribution in [0.25, 0.3) is 0 Å². The molecule has 1 heterocycles. The Morgan fingerprint density at radius 3 is 2.12 bits per heavy atom. The highest BCUT2D eigenvalue weighted by molar-refractivity contribution is 5.91. The van der Waals surface area contributed by atoms with Crippen LogP contribution in [0.2, 0.25) is 0 Å². The first kappa shape index (κ1) is 21.8. The van der Waals surface area contributed by atoms with Gasteiger partial charge in [-0.2, -0.15) is 0 Å². The van der Waals surface area contributed by atoms with Gasteiger partial charge in [0.1, 0.15) is 12.1 Å². The Labute approximate surface area is 189 Å². The summed E-state index contributed by atoms with van der Waals surface area (Å²) in [6, 6.07) is 28.6. The summed E-state index contributed by atoms with van der Waals surface area (Å²) < 4.78 is 0. The Morgan fingerprint density at radius 1 is 0.938 bits per heavy atom. The van der Waals surface area contributed by atoms with E-state index in [2.05, 4.69) is 5.32 Å². The van der Waals surface area contributed by atoms with Crippen molar-refractivity contribution < 1.29 is 9.59 Å². The maximum atomic E-state index is 13.7. The fourth-order valence-corrected chi connectivity index (χ4v) is 4.27. The maximum Gasteiger partial charge on any atom is 0.245 e. The molecule has 0 bridgehead atoms. The van der Waals surface area contributed by atoms with Crippen LogP contribution in [0.5, 0.6) is 0 Å². The molecule has 0 radical (unpaired) electrons. The van der Waals surface area contributed by atoms with Crippen molar-refractivity contribution in [2.24, 2.45) is 0 Å². The Hall–Kier alpha value is -3.44. The van der Waals surface area contributed by atoms with E-state index in [1.165, 1.54) is 0 Å². The highest BCUT2D eigenvalue weighted by Gasteiger charge is 2.38. The van der Waals surface area contributed by atoms with Crippen LogP contribution < -0.4 is 5.32 Å². The molecule has 164 valence electrons. The second-order valence-electron chi connectivity index (χ2n) is 8.21. The second-order valence-corrected chi connectivity index (χ2v) is 8.21. The minimum atomic E-state index is -0.549. The van der Waals surface area contributed by atoms with Crippen LogP contribution in [0.4, 0.5) is 0 Å². The van der Waals surface area contributed by atoms with Gasteiger partial charge in [-0.15, -0.1) is 0 Å². The summed E-state index contributed by atoms with van der Waals surface area (Å²) in [5.74, 6) is -0.0930. The van der Waals surface area contributed by atoms with Crippen LogP contribution in [0.15, 0.2) is 91.0 Å². The molecule has 2 atom stereocenters. The highest BCUT2D eigenvalue weighted by atomic mass is 16.2. The minimum Gasteiger partial charge on any atom is -0.340 e. The number of likely N-dealkylation sites (N-methyl/N-ethyl adjacent to an activating group) is 1. The molecule has 0 unspecified atom stereocenters. The number of nitrogens with one attached hydrogen (secondary N) is 1. The molecule has 0 saturated carbocycles. The number of rotatable bonds is 7. The Morgan fingerprint density at radius 2 is 1.50 bits per heavy atom. The molecule has 1 aliphatic rings. The molecule has 5 nitrogen and oxygen atoms in total. The van der Waals surface area contributed by atoms with E-state index in [0.717, 1.165) is 16.7 Å². The smallest absolute Gasteiger partial charge is 0.245 e. The Kier molecular flexibility index (Phi) is 6.97. The van der Waals surface area contributed by atoms with Gasteiger partial charge in [-0.25, -0.2) is 0 Å². The lowest BCUT2D eigenvalue weighted by Crippen LogP contribution is -2.58. The molecule has 2 amide bonds. The van der Waals surface area contributed by atoms with E-state index in [9.17, 15) is 9.59 Å². The van der Waals surface area contributed by atoms with Gasteiger partial charge in [-0.1, -0.05) is 91.0 Å². The number of carbonyl (C=O) groups is 2. The molecule has 5 heteroatoms. The van der Waals surface area contributed by atoms with Gasteiger partial charge in [-0.3, -0.25) is 9.59 Å². The SMILES string of the molecule is CN(Cc1ccccc1)C(=O)[C@H](Cc1ccccc1)N1CCN[C@@H](c2ccccc2)C1=O. The third-order valence-electron chi connectivity index (χ3n) is 5.94. The molecular weight excluding hydrogens is 398 g/mol. The van der Waals surface area contributed by atoms with Gasteiger partial charge in [-0.05, 0) is 16.7 Å². The van der Waals surface area contributed by atoms with Gasteiger partial charge in [0.05, 0.1) is 0 Å². The van der Waals surface area contributed by atoms with E-state index < -0.39 is 12.1 Å². The van der Waals surface area contributed by atoms with Crippen molar-refractivity contribution in [2.45, 2.75) is 25.0 Å². The van der Waals surface area contributed by atoms with Gasteiger partial charge in [0, 0.05) is 33.1 Å². The Balaban J connectivity index is 1.59. The molecule has 3 aromatic carbocycles. The Bertz CT molecular complexity index is 1020. The normalized spacial score (nSPS) is 17.1. The number of piperazine rings is 1. The van der Waals surface area contributed by atoms with Crippen LogP contribution in [-0.2, 0) is 22.6 Å². The highest BCUT2D eigenvalue weighted by Crippen LogP contribution is 2.23. The molecule has 1 aliphatic heterocycles. The molecule has 4 rings (SSSR count). The maximum absolute atomic E-state index is 13.7. The third-order valence-corrected chi connectivity index (χ3v) is 5.94. The molecule has 1 fully saturated rings. The zero-order chi connectivity index (χ0) is 22.3. The monoisotopic (exact) mass is 427 g/mol. The number of benzene rings is 3. The van der Waals surface area contributed by atoms with E-state index in [1.54, 1.807) is 9.80 Å². The predicted octanol–water partition coefficient (Wildman–Crippen LogP) is 3.43. The lowest BCUT2D eigenvalue weighted by atomic mass is 9.98. The van der Waals surface area contributed by atoms with Crippen LogP contribution in [-0.4, -0.2) is 47.8 Å². The van der Waals surface area contributed by atoms with Crippen LogP contribution in [0.1, 0.15) is 22.7 Å². The zero-order valence-electron chi connectivity index (χ0n) is 18.4. The summed E-state index contributed by atoms with van der Waals surface area (Å²) in [5, 5.41) is 3.33. The van der Waals surface area contributed by atoms with E-state index in [-0.39, 0.29) is 11.8 Å². The zero-order valence-corrected chi connectivity index (χ0v) is 18.4. The number of hydrogen-bond acceptors (Lipinski definition) is 3. The van der Waals surface area contributed by atoms with Crippen molar-refractivity contribution in [1.82, 2.24) is 15.1 Å². The predicted molar refractivity (Wildman–Crippen MR) is 126 cm³/mol. The summed E-state index contributed by atoms with van der Waals surface area (Å²) >= 11 is 0. The van der Waals surface area contributed by atoms with Gasteiger partial charge >= 0.3 is 0 Å². The second kappa shape index (κ2) is 10.2. The van der Waals surface area contributed by atoms with Gasteiger partial charge in [0.25, 0.3) is 0 Å². The largest absolute Gasteiger partial charge is 0.340 e. The first-order valence-corrected chi connectivity index (χ1v) is 11.0. The van der Waals surface area contributed by atoms with Crippen molar-refractivity contribution in [3.05, 3.63) is 108 Å². The molecule has 1 N–H and O–H groups in total. The molecule has 3 aromatic rings. The molecule has 32 heavy (non-hydrogen) atoms. The summed E-state index contributed by atoms with van der Waals surface area (Å²) in [4.78, 5) is 30.7. The topological polar surface area (TPSA) is 52.7 Å². The van der Waals surface area contributed by atoms with Crippen molar-refractivity contribution in [3.63, 3.8) is 0 Å². The standard InChI is InChI=1S/C27H29N3O2/c1-29(20-22-13-7-3-8-14-22)26(31)24(19-21-11-5-2-6-12-21)30-18-17-28-25(27(30)32)23-15-9-4-10-16-23/h2-16,24-25,28H,17-20H2,1H3/t24-,25-/m0/s1. The number of nitrogens with zero attached hydrogens (tertiary/aromatic N) is 2. The summed E-state index contributed by atoms with van der Waals surface area (Å²) in [6.07, 6.45) is 0.492. The third kappa shape index (κ3) is 5.06. The summed E-state index contributed by atoms with van der Waals surface area (Å²) in [7, 11) is 1.81. The number of hydrogen-bond donors (Lipinski definition) is 1. The van der Waals surface area contributed by atoms with E-state index in [1.807, 2.05) is 98.0 Å². The average Bonchev–Trinajstić information content (AvgIpc) is 2.84. The quantitative estimate of drug-likeness (QED) is 0.629. The lowest BCUT2D eigenvalue weighted by molar-refractivity contribution is -0.148. The number of amides is 2. The van der Waals surface area contributed by atoms with Gasteiger partial charge in [0.2, 0.25) is 11.8 Å². The van der Waals surface area contributed by atoms with Crippen LogP contribution in [0, 0.1) is 0 Å².